The predicted molar refractivity (Wildman–Crippen MR) is 105 cm³/mol. The minimum absolute atomic E-state index is 0.118. The molecule has 3 N–H and O–H groups in total. The van der Waals surface area contributed by atoms with E-state index in [0.29, 0.717) is 22.1 Å². The number of hydrogen-bond donors (Lipinski definition) is 3. The van der Waals surface area contributed by atoms with Crippen LogP contribution >= 0.6 is 11.6 Å². The molecule has 1 fully saturated rings. The Kier molecular flexibility index (Phi) is 5.61. The number of rotatable bonds is 4. The summed E-state index contributed by atoms with van der Waals surface area (Å²) >= 11 is 6.16. The third kappa shape index (κ3) is 4.38. The molecule has 0 radical (unpaired) electrons. The van der Waals surface area contributed by atoms with Gasteiger partial charge in [0.2, 0.25) is 11.8 Å². The number of hydrogen-bond acceptors (Lipinski definition) is 3. The average Bonchev–Trinajstić information content (AvgIpc) is 3.04. The number of para-hydroxylation sites is 1. The molecule has 27 heavy (non-hydrogen) atoms. The minimum atomic E-state index is -0.482. The van der Waals surface area contributed by atoms with Gasteiger partial charge in [-0.3, -0.25) is 9.59 Å². The Morgan fingerprint density at radius 1 is 1.07 bits per heavy atom. The van der Waals surface area contributed by atoms with Crippen LogP contribution in [-0.4, -0.2) is 31.4 Å². The van der Waals surface area contributed by atoms with E-state index in [1.165, 1.54) is 11.9 Å². The van der Waals surface area contributed by atoms with Crippen LogP contribution in [0.25, 0.3) is 0 Å². The number of urea groups is 1. The summed E-state index contributed by atoms with van der Waals surface area (Å²) in [7, 11) is 1.52. The second kappa shape index (κ2) is 8.09. The van der Waals surface area contributed by atoms with Crippen molar-refractivity contribution >= 4 is 46.5 Å². The van der Waals surface area contributed by atoms with Gasteiger partial charge in [-0.15, -0.1) is 0 Å². The number of carbonyl (C=O) groups excluding carboxylic acids is 3. The van der Waals surface area contributed by atoms with E-state index >= 15 is 0 Å². The van der Waals surface area contributed by atoms with Crippen molar-refractivity contribution in [1.29, 1.82) is 0 Å². The highest BCUT2D eigenvalue weighted by Gasteiger charge is 2.35. The van der Waals surface area contributed by atoms with Gasteiger partial charge in [-0.2, -0.15) is 0 Å². The lowest BCUT2D eigenvalue weighted by atomic mass is 10.1. The Labute approximate surface area is 161 Å². The summed E-state index contributed by atoms with van der Waals surface area (Å²) < 4.78 is 0. The molecular formula is C19H19ClN4O3. The van der Waals surface area contributed by atoms with Crippen molar-refractivity contribution in [2.75, 3.05) is 29.1 Å². The normalized spacial score (nSPS) is 16.1. The first kappa shape index (κ1) is 18.7. The Morgan fingerprint density at radius 3 is 2.48 bits per heavy atom. The average molecular weight is 387 g/mol. The van der Waals surface area contributed by atoms with Crippen LogP contribution in [0.3, 0.4) is 0 Å². The molecule has 4 amide bonds. The molecular weight excluding hydrogens is 368 g/mol. The summed E-state index contributed by atoms with van der Waals surface area (Å²) in [6.45, 7) is 0.268. The Bertz CT molecular complexity index is 887. The zero-order chi connectivity index (χ0) is 19.4. The maximum Gasteiger partial charge on any atom is 0.318 e. The van der Waals surface area contributed by atoms with Crippen LogP contribution in [-0.2, 0) is 9.59 Å². The third-order valence-electron chi connectivity index (χ3n) is 4.25. The van der Waals surface area contributed by atoms with Gasteiger partial charge in [0, 0.05) is 31.4 Å². The fourth-order valence-corrected chi connectivity index (χ4v) is 3.14. The summed E-state index contributed by atoms with van der Waals surface area (Å²) in [5.74, 6) is -0.877. The van der Waals surface area contributed by atoms with Crippen molar-refractivity contribution in [3.8, 4) is 0 Å². The highest BCUT2D eigenvalue weighted by Crippen LogP contribution is 2.31. The van der Waals surface area contributed by atoms with Gasteiger partial charge < -0.3 is 20.9 Å². The van der Waals surface area contributed by atoms with E-state index in [4.69, 9.17) is 11.6 Å². The first-order valence-corrected chi connectivity index (χ1v) is 8.80. The number of anilines is 3. The van der Waals surface area contributed by atoms with Crippen molar-refractivity contribution in [2.24, 2.45) is 5.92 Å². The molecule has 0 aliphatic carbocycles. The van der Waals surface area contributed by atoms with Crippen molar-refractivity contribution in [1.82, 2.24) is 5.32 Å². The molecule has 0 aromatic heterocycles. The van der Waals surface area contributed by atoms with Gasteiger partial charge in [0.25, 0.3) is 0 Å². The first-order chi connectivity index (χ1) is 13.0. The lowest BCUT2D eigenvalue weighted by Crippen LogP contribution is -2.28. The van der Waals surface area contributed by atoms with Gasteiger partial charge >= 0.3 is 6.03 Å². The van der Waals surface area contributed by atoms with Crippen molar-refractivity contribution in [3.63, 3.8) is 0 Å². The molecule has 1 saturated heterocycles. The summed E-state index contributed by atoms with van der Waals surface area (Å²) in [6.07, 6.45) is 0.118. The molecule has 1 heterocycles. The van der Waals surface area contributed by atoms with Crippen LogP contribution in [0, 0.1) is 5.92 Å². The monoisotopic (exact) mass is 386 g/mol. The minimum Gasteiger partial charge on any atom is -0.341 e. The third-order valence-corrected chi connectivity index (χ3v) is 4.57. The second-order valence-corrected chi connectivity index (χ2v) is 6.54. The van der Waals surface area contributed by atoms with Crippen LogP contribution < -0.4 is 20.9 Å². The van der Waals surface area contributed by atoms with Crippen LogP contribution in [0.2, 0.25) is 5.02 Å². The van der Waals surface area contributed by atoms with E-state index in [9.17, 15) is 14.4 Å². The SMILES string of the molecule is CNC(=O)Nc1cccc(NC(=O)C2CC(=O)N(c3ccccc3Cl)C2)c1. The van der Waals surface area contributed by atoms with E-state index < -0.39 is 5.92 Å². The molecule has 7 nitrogen and oxygen atoms in total. The molecule has 1 atom stereocenters. The Hall–Kier alpha value is -3.06. The van der Waals surface area contributed by atoms with Crippen molar-refractivity contribution in [2.45, 2.75) is 6.42 Å². The fourth-order valence-electron chi connectivity index (χ4n) is 2.90. The summed E-state index contributed by atoms with van der Waals surface area (Å²) in [5, 5.41) is 8.37. The number of benzene rings is 2. The van der Waals surface area contributed by atoms with E-state index in [1.807, 2.05) is 0 Å². The van der Waals surface area contributed by atoms with Gasteiger partial charge in [0.15, 0.2) is 0 Å². The lowest BCUT2D eigenvalue weighted by Gasteiger charge is -2.18. The maximum absolute atomic E-state index is 12.6. The van der Waals surface area contributed by atoms with Gasteiger partial charge in [0.05, 0.1) is 16.6 Å². The van der Waals surface area contributed by atoms with Gasteiger partial charge in [-0.25, -0.2) is 4.79 Å². The topological polar surface area (TPSA) is 90.5 Å². The molecule has 8 heteroatoms. The smallest absolute Gasteiger partial charge is 0.318 e. The summed E-state index contributed by atoms with van der Waals surface area (Å²) in [6, 6.07) is 13.5. The van der Waals surface area contributed by atoms with E-state index in [2.05, 4.69) is 16.0 Å². The Balaban J connectivity index is 1.67. The highest BCUT2D eigenvalue weighted by atomic mass is 35.5. The number of carbonyl (C=O) groups is 3. The van der Waals surface area contributed by atoms with Crippen LogP contribution in [0.1, 0.15) is 6.42 Å². The molecule has 1 aliphatic rings. The Morgan fingerprint density at radius 2 is 1.78 bits per heavy atom. The molecule has 0 spiro atoms. The van der Waals surface area contributed by atoms with Gasteiger partial charge in [-0.1, -0.05) is 29.8 Å². The standard InChI is InChI=1S/C19H19ClN4O3/c1-21-19(27)23-14-6-4-5-13(10-14)22-18(26)12-9-17(25)24(11-12)16-8-3-2-7-15(16)20/h2-8,10,12H,9,11H2,1H3,(H,22,26)(H2,21,23,27). The molecule has 3 rings (SSSR count). The zero-order valence-corrected chi connectivity index (χ0v) is 15.4. The molecule has 1 unspecified atom stereocenters. The zero-order valence-electron chi connectivity index (χ0n) is 14.7. The fraction of sp³-hybridized carbons (Fsp3) is 0.211. The predicted octanol–water partition coefficient (Wildman–Crippen LogP) is 3.08. The summed E-state index contributed by atoms with van der Waals surface area (Å²) in [4.78, 5) is 37.9. The highest BCUT2D eigenvalue weighted by molar-refractivity contribution is 6.33. The van der Waals surface area contributed by atoms with Crippen molar-refractivity contribution < 1.29 is 14.4 Å². The molecule has 0 saturated carbocycles. The van der Waals surface area contributed by atoms with E-state index in [0.717, 1.165) is 0 Å². The lowest BCUT2D eigenvalue weighted by molar-refractivity contribution is -0.122. The molecule has 1 aliphatic heterocycles. The quantitative estimate of drug-likeness (QED) is 0.754. The van der Waals surface area contributed by atoms with Gasteiger partial charge in [0.1, 0.15) is 0 Å². The van der Waals surface area contributed by atoms with Gasteiger partial charge in [-0.05, 0) is 30.3 Å². The number of amides is 4. The van der Waals surface area contributed by atoms with Crippen LogP contribution in [0.4, 0.5) is 21.9 Å². The number of nitrogens with zero attached hydrogens (tertiary/aromatic N) is 1. The maximum atomic E-state index is 12.6. The largest absolute Gasteiger partial charge is 0.341 e. The first-order valence-electron chi connectivity index (χ1n) is 8.42. The molecule has 2 aromatic rings. The summed E-state index contributed by atoms with van der Waals surface area (Å²) in [5.41, 5.74) is 1.70. The molecule has 140 valence electrons. The van der Waals surface area contributed by atoms with E-state index in [-0.39, 0.29) is 30.8 Å². The number of nitrogens with one attached hydrogen (secondary N) is 3. The molecule has 0 bridgehead atoms. The second-order valence-electron chi connectivity index (χ2n) is 6.13. The van der Waals surface area contributed by atoms with Crippen molar-refractivity contribution in [3.05, 3.63) is 53.6 Å². The molecule has 2 aromatic carbocycles. The number of halogens is 1. The van der Waals surface area contributed by atoms with Crippen LogP contribution in [0.15, 0.2) is 48.5 Å². The van der Waals surface area contributed by atoms with Crippen LogP contribution in [0.5, 0.6) is 0 Å². The van der Waals surface area contributed by atoms with E-state index in [1.54, 1.807) is 48.5 Å².